The van der Waals surface area contributed by atoms with Crippen molar-refractivity contribution < 1.29 is 19.4 Å². The van der Waals surface area contributed by atoms with E-state index in [0.29, 0.717) is 40.1 Å². The first-order chi connectivity index (χ1) is 15.9. The van der Waals surface area contributed by atoms with E-state index < -0.39 is 5.97 Å². The number of carboxylic acid groups (broad SMARTS) is 1. The number of piperidine rings is 1. The van der Waals surface area contributed by atoms with Crippen molar-refractivity contribution >= 4 is 46.0 Å². The van der Waals surface area contributed by atoms with Gasteiger partial charge >= 0.3 is 5.97 Å². The molecule has 2 aromatic rings. The molecule has 2 heterocycles. The second-order valence-electron chi connectivity index (χ2n) is 8.65. The Morgan fingerprint density at radius 3 is 2.85 bits per heavy atom. The highest BCUT2D eigenvalue weighted by Gasteiger charge is 2.31. The number of carbonyl (C=O) groups excluding carboxylic acids is 1. The molecule has 6 nitrogen and oxygen atoms in total. The third-order valence-corrected chi connectivity index (χ3v) is 7.82. The number of aliphatic carboxylic acids is 1. The van der Waals surface area contributed by atoms with E-state index in [9.17, 15) is 14.7 Å². The molecule has 33 heavy (non-hydrogen) atoms. The van der Waals surface area contributed by atoms with Gasteiger partial charge in [0.15, 0.2) is 5.78 Å². The molecule has 1 aromatic carbocycles. The molecule has 3 rings (SSSR count). The lowest BCUT2D eigenvalue weighted by Gasteiger charge is -2.38. The minimum absolute atomic E-state index is 0.0341. The van der Waals surface area contributed by atoms with Crippen LogP contribution in [0.1, 0.15) is 49.4 Å². The van der Waals surface area contributed by atoms with Gasteiger partial charge in [0.25, 0.3) is 0 Å². The van der Waals surface area contributed by atoms with Crippen LogP contribution in [0.4, 0.5) is 0 Å². The predicted octanol–water partition coefficient (Wildman–Crippen LogP) is 5.42. The number of nitrogens with zero attached hydrogens (tertiary/aromatic N) is 2. The summed E-state index contributed by atoms with van der Waals surface area (Å²) >= 11 is 8.34. The second kappa shape index (κ2) is 12.6. The molecule has 1 saturated heterocycles. The Labute approximate surface area is 205 Å². The SMILES string of the molecule is CCCSCCN1CCC(CCC(=O)c2c(Cl)cnc3ccc(OC)cc23)C(CC(=O)O)C1. The summed E-state index contributed by atoms with van der Waals surface area (Å²) < 4.78 is 5.31. The molecule has 180 valence electrons. The normalized spacial score (nSPS) is 19.0. The van der Waals surface area contributed by atoms with Crippen molar-refractivity contribution in [3.05, 3.63) is 35.0 Å². The van der Waals surface area contributed by atoms with E-state index in [2.05, 4.69) is 16.8 Å². The number of ether oxygens (including phenoxy) is 1. The van der Waals surface area contributed by atoms with Gasteiger partial charge in [-0.3, -0.25) is 14.6 Å². The lowest BCUT2D eigenvalue weighted by molar-refractivity contribution is -0.139. The number of ketones is 1. The fraction of sp³-hybridized carbons (Fsp3) is 0.560. The molecule has 2 atom stereocenters. The van der Waals surface area contributed by atoms with Gasteiger partial charge in [0.2, 0.25) is 0 Å². The number of carboxylic acids is 1. The average Bonchev–Trinajstić information content (AvgIpc) is 2.80. The number of rotatable bonds is 12. The Bertz CT molecular complexity index is 971. The number of pyridine rings is 1. The Balaban J connectivity index is 1.67. The number of benzene rings is 1. The maximum Gasteiger partial charge on any atom is 0.303 e. The van der Waals surface area contributed by atoms with Gasteiger partial charge in [-0.25, -0.2) is 0 Å². The van der Waals surface area contributed by atoms with Crippen LogP contribution in [0.5, 0.6) is 5.75 Å². The van der Waals surface area contributed by atoms with Crippen molar-refractivity contribution in [2.45, 2.75) is 39.0 Å². The Hall–Kier alpha value is -1.83. The van der Waals surface area contributed by atoms with E-state index in [1.165, 1.54) is 12.6 Å². The number of Topliss-reactive ketones (excluding diaryl/α,β-unsaturated/α-hetero) is 1. The molecule has 0 saturated carbocycles. The van der Waals surface area contributed by atoms with Crippen molar-refractivity contribution in [3.63, 3.8) is 0 Å². The van der Waals surface area contributed by atoms with Crippen molar-refractivity contribution in [1.29, 1.82) is 0 Å². The number of methoxy groups -OCH3 is 1. The third-order valence-electron chi connectivity index (χ3n) is 6.36. The first-order valence-electron chi connectivity index (χ1n) is 11.6. The summed E-state index contributed by atoms with van der Waals surface area (Å²) in [7, 11) is 1.58. The van der Waals surface area contributed by atoms with Gasteiger partial charge in [-0.1, -0.05) is 18.5 Å². The zero-order valence-electron chi connectivity index (χ0n) is 19.4. The predicted molar refractivity (Wildman–Crippen MR) is 135 cm³/mol. The highest BCUT2D eigenvalue weighted by Crippen LogP contribution is 2.33. The number of carbonyl (C=O) groups is 2. The van der Waals surface area contributed by atoms with E-state index in [4.69, 9.17) is 16.3 Å². The fourth-order valence-corrected chi connectivity index (χ4v) is 5.77. The zero-order chi connectivity index (χ0) is 23.8. The summed E-state index contributed by atoms with van der Waals surface area (Å²) in [6.07, 6.45) is 4.76. The molecule has 0 amide bonds. The Morgan fingerprint density at radius 1 is 1.30 bits per heavy atom. The summed E-state index contributed by atoms with van der Waals surface area (Å²) in [4.78, 5) is 31.4. The largest absolute Gasteiger partial charge is 0.497 e. The number of thioether (sulfide) groups is 1. The minimum Gasteiger partial charge on any atom is -0.497 e. The van der Waals surface area contributed by atoms with Gasteiger partial charge in [0.1, 0.15) is 5.75 Å². The highest BCUT2D eigenvalue weighted by molar-refractivity contribution is 7.99. The fourth-order valence-electron chi connectivity index (χ4n) is 4.63. The molecule has 8 heteroatoms. The quantitative estimate of drug-likeness (QED) is 0.313. The molecule has 1 aliphatic heterocycles. The summed E-state index contributed by atoms with van der Waals surface area (Å²) in [6, 6.07) is 5.42. The van der Waals surface area contributed by atoms with Crippen LogP contribution in [0, 0.1) is 11.8 Å². The smallest absolute Gasteiger partial charge is 0.303 e. The topological polar surface area (TPSA) is 79.7 Å². The first-order valence-corrected chi connectivity index (χ1v) is 13.1. The maximum absolute atomic E-state index is 13.2. The Kier molecular flexibility index (Phi) is 9.83. The second-order valence-corrected chi connectivity index (χ2v) is 10.3. The van der Waals surface area contributed by atoms with Gasteiger partial charge < -0.3 is 14.7 Å². The van der Waals surface area contributed by atoms with Crippen molar-refractivity contribution in [2.24, 2.45) is 11.8 Å². The summed E-state index contributed by atoms with van der Waals surface area (Å²) in [5.41, 5.74) is 1.17. The van der Waals surface area contributed by atoms with Gasteiger partial charge in [-0.15, -0.1) is 0 Å². The zero-order valence-corrected chi connectivity index (χ0v) is 21.0. The number of aromatic nitrogens is 1. The average molecular weight is 493 g/mol. The first kappa shape index (κ1) is 25.8. The molecule has 2 unspecified atom stereocenters. The number of halogens is 1. The number of fused-ring (bicyclic) bond motifs is 1. The Morgan fingerprint density at radius 2 is 2.12 bits per heavy atom. The van der Waals surface area contributed by atoms with Crippen molar-refractivity contribution in [2.75, 3.05) is 38.2 Å². The summed E-state index contributed by atoms with van der Waals surface area (Å²) in [5.74, 6) is 2.35. The lowest BCUT2D eigenvalue weighted by Crippen LogP contribution is -2.42. The summed E-state index contributed by atoms with van der Waals surface area (Å²) in [5, 5.41) is 10.5. The molecular formula is C25H33ClN2O4S. The lowest BCUT2D eigenvalue weighted by atomic mass is 9.79. The summed E-state index contributed by atoms with van der Waals surface area (Å²) in [6.45, 7) is 4.92. The number of likely N-dealkylation sites (tertiary alicyclic amines) is 1. The molecule has 0 bridgehead atoms. The molecule has 0 spiro atoms. The van der Waals surface area contributed by atoms with E-state index in [1.54, 1.807) is 13.2 Å². The molecule has 0 radical (unpaired) electrons. The standard InChI is InChI=1S/C25H33ClN2O4S/c1-3-11-33-12-10-28-9-8-17(18(16-28)13-24(30)31)4-7-23(29)25-20-14-19(32-2)5-6-22(20)27-15-21(25)26/h5-6,14-15,17-18H,3-4,7-13,16H2,1-2H3,(H,30,31). The third kappa shape index (κ3) is 7.08. The van der Waals surface area contributed by atoms with E-state index >= 15 is 0 Å². The van der Waals surface area contributed by atoms with Crippen molar-refractivity contribution in [1.82, 2.24) is 9.88 Å². The molecule has 1 aromatic heterocycles. The monoisotopic (exact) mass is 492 g/mol. The maximum atomic E-state index is 13.2. The van der Waals surface area contributed by atoms with Crippen LogP contribution in [0.2, 0.25) is 5.02 Å². The molecule has 1 N–H and O–H groups in total. The number of hydrogen-bond donors (Lipinski definition) is 1. The van der Waals surface area contributed by atoms with Gasteiger partial charge in [0, 0.05) is 48.8 Å². The van der Waals surface area contributed by atoms with E-state index in [-0.39, 0.29) is 24.0 Å². The van der Waals surface area contributed by atoms with Gasteiger partial charge in [-0.05, 0) is 61.6 Å². The van der Waals surface area contributed by atoms with Gasteiger partial charge in [-0.2, -0.15) is 11.8 Å². The van der Waals surface area contributed by atoms with Crippen LogP contribution in [0.15, 0.2) is 24.4 Å². The van der Waals surface area contributed by atoms with Crippen molar-refractivity contribution in [3.8, 4) is 5.75 Å². The van der Waals surface area contributed by atoms with Crippen LogP contribution in [0.25, 0.3) is 10.9 Å². The van der Waals surface area contributed by atoms with Crippen LogP contribution >= 0.6 is 23.4 Å². The van der Waals surface area contributed by atoms with Crippen LogP contribution < -0.4 is 4.74 Å². The molecule has 0 aliphatic carbocycles. The number of hydrogen-bond acceptors (Lipinski definition) is 6. The van der Waals surface area contributed by atoms with E-state index in [0.717, 1.165) is 37.6 Å². The molecule has 1 fully saturated rings. The minimum atomic E-state index is -0.770. The van der Waals surface area contributed by atoms with Crippen LogP contribution in [0.3, 0.4) is 0 Å². The van der Waals surface area contributed by atoms with E-state index in [1.807, 2.05) is 23.9 Å². The van der Waals surface area contributed by atoms with Crippen LogP contribution in [-0.2, 0) is 4.79 Å². The molecular weight excluding hydrogens is 460 g/mol. The van der Waals surface area contributed by atoms with Crippen LogP contribution in [-0.4, -0.2) is 65.0 Å². The highest BCUT2D eigenvalue weighted by atomic mass is 35.5. The van der Waals surface area contributed by atoms with Gasteiger partial charge in [0.05, 0.1) is 17.6 Å². The molecule has 1 aliphatic rings.